The van der Waals surface area contributed by atoms with Crippen molar-refractivity contribution < 1.29 is 9.59 Å². The van der Waals surface area contributed by atoms with Crippen LogP contribution in [-0.2, 0) is 6.42 Å². The van der Waals surface area contributed by atoms with Gasteiger partial charge in [-0.25, -0.2) is 0 Å². The second-order valence-electron chi connectivity index (χ2n) is 5.23. The second kappa shape index (κ2) is 8.08. The van der Waals surface area contributed by atoms with Gasteiger partial charge in [0, 0.05) is 11.1 Å². The van der Waals surface area contributed by atoms with Crippen LogP contribution < -0.4 is 0 Å². The minimum Gasteiger partial charge on any atom is -0.289 e. The smallest absolute Gasteiger partial charge is 0.185 e. The normalized spacial score (nSPS) is 10.8. The van der Waals surface area contributed by atoms with Gasteiger partial charge >= 0.3 is 0 Å². The maximum Gasteiger partial charge on any atom is 0.185 e. The van der Waals surface area contributed by atoms with E-state index < -0.39 is 0 Å². The molecule has 2 nitrogen and oxygen atoms in total. The van der Waals surface area contributed by atoms with E-state index in [1.807, 2.05) is 30.3 Å². The third kappa shape index (κ3) is 4.52. The van der Waals surface area contributed by atoms with Crippen molar-refractivity contribution in [3.05, 3.63) is 83.4 Å². The van der Waals surface area contributed by atoms with Gasteiger partial charge in [0.1, 0.15) is 0 Å². The molecule has 0 atom stereocenters. The Morgan fingerprint density at radius 1 is 0.818 bits per heavy atom. The van der Waals surface area contributed by atoms with E-state index in [1.165, 1.54) is 17.7 Å². The number of ketones is 2. The maximum absolute atomic E-state index is 12.1. The molecule has 0 fully saturated rings. The number of carbonyl (C=O) groups is 2. The molecule has 0 unspecified atom stereocenters. The van der Waals surface area contributed by atoms with E-state index >= 15 is 0 Å². The Hall–Kier alpha value is -2.48. The first kappa shape index (κ1) is 15.9. The molecule has 2 aromatic rings. The standard InChI is InChI=1S/C20H20O2/c1-2-3-7-16-10-12-18(13-11-16)20(22)15-14-19(21)17-8-5-4-6-9-17/h4-6,8-15H,2-3,7H2,1H3/b15-14+. The zero-order valence-electron chi connectivity index (χ0n) is 12.8. The summed E-state index contributed by atoms with van der Waals surface area (Å²) in [5, 5.41) is 0. The van der Waals surface area contributed by atoms with Crippen molar-refractivity contribution in [2.45, 2.75) is 26.2 Å². The Morgan fingerprint density at radius 3 is 1.91 bits per heavy atom. The topological polar surface area (TPSA) is 34.1 Å². The van der Waals surface area contributed by atoms with Gasteiger partial charge in [0.2, 0.25) is 0 Å². The summed E-state index contributed by atoms with van der Waals surface area (Å²) in [5.74, 6) is -0.306. The van der Waals surface area contributed by atoms with E-state index in [1.54, 1.807) is 24.3 Å². The van der Waals surface area contributed by atoms with Crippen LogP contribution in [0.5, 0.6) is 0 Å². The van der Waals surface area contributed by atoms with Crippen LogP contribution in [-0.4, -0.2) is 11.6 Å². The van der Waals surface area contributed by atoms with Gasteiger partial charge in [-0.15, -0.1) is 0 Å². The van der Waals surface area contributed by atoms with E-state index in [4.69, 9.17) is 0 Å². The molecule has 0 aromatic heterocycles. The van der Waals surface area contributed by atoms with Gasteiger partial charge in [-0.05, 0) is 30.6 Å². The van der Waals surface area contributed by atoms with E-state index in [9.17, 15) is 9.59 Å². The first-order valence-corrected chi connectivity index (χ1v) is 7.61. The molecule has 0 heterocycles. The fraction of sp³-hybridized carbons (Fsp3) is 0.200. The highest BCUT2D eigenvalue weighted by molar-refractivity contribution is 6.11. The lowest BCUT2D eigenvalue weighted by Crippen LogP contribution is -1.98. The molecule has 0 amide bonds. The Morgan fingerprint density at radius 2 is 1.36 bits per heavy atom. The number of carbonyl (C=O) groups excluding carboxylic acids is 2. The summed E-state index contributed by atoms with van der Waals surface area (Å²) in [6, 6.07) is 16.5. The monoisotopic (exact) mass is 292 g/mol. The summed E-state index contributed by atoms with van der Waals surface area (Å²) in [6.07, 6.45) is 6.02. The number of hydrogen-bond acceptors (Lipinski definition) is 2. The Labute approximate surface area is 131 Å². The molecule has 0 saturated carbocycles. The molecule has 112 valence electrons. The molecular formula is C20H20O2. The van der Waals surface area contributed by atoms with E-state index in [2.05, 4.69) is 6.92 Å². The number of allylic oxidation sites excluding steroid dienone is 2. The molecule has 0 aliphatic rings. The Bertz CT molecular complexity index is 652. The zero-order valence-corrected chi connectivity index (χ0v) is 12.8. The minimum atomic E-state index is -0.159. The molecule has 22 heavy (non-hydrogen) atoms. The number of rotatable bonds is 7. The van der Waals surface area contributed by atoms with Gasteiger partial charge in [0.25, 0.3) is 0 Å². The quantitative estimate of drug-likeness (QED) is 0.550. The molecule has 0 bridgehead atoms. The van der Waals surface area contributed by atoms with Crippen molar-refractivity contribution in [3.8, 4) is 0 Å². The molecule has 2 heteroatoms. The van der Waals surface area contributed by atoms with E-state index in [-0.39, 0.29) is 11.6 Å². The third-order valence-electron chi connectivity index (χ3n) is 3.50. The van der Waals surface area contributed by atoms with E-state index in [0.29, 0.717) is 11.1 Å². The van der Waals surface area contributed by atoms with Gasteiger partial charge < -0.3 is 0 Å². The molecule has 0 aliphatic heterocycles. The van der Waals surface area contributed by atoms with Gasteiger partial charge in [0.15, 0.2) is 11.6 Å². The first-order valence-electron chi connectivity index (χ1n) is 7.61. The minimum absolute atomic E-state index is 0.147. The van der Waals surface area contributed by atoms with Crippen molar-refractivity contribution in [2.24, 2.45) is 0 Å². The molecule has 0 N–H and O–H groups in total. The zero-order chi connectivity index (χ0) is 15.8. The Kier molecular flexibility index (Phi) is 5.84. The predicted octanol–water partition coefficient (Wildman–Crippen LogP) is 4.65. The summed E-state index contributed by atoms with van der Waals surface area (Å²) in [5.41, 5.74) is 2.43. The average Bonchev–Trinajstić information content (AvgIpc) is 2.58. The lowest BCUT2D eigenvalue weighted by atomic mass is 10.0. The fourth-order valence-electron chi connectivity index (χ4n) is 2.16. The van der Waals surface area contributed by atoms with Crippen LogP contribution >= 0.6 is 0 Å². The highest BCUT2D eigenvalue weighted by Crippen LogP contribution is 2.09. The van der Waals surface area contributed by atoms with Crippen LogP contribution in [0.25, 0.3) is 0 Å². The first-order chi connectivity index (χ1) is 10.7. The van der Waals surface area contributed by atoms with Crippen LogP contribution in [0.3, 0.4) is 0 Å². The van der Waals surface area contributed by atoms with Crippen molar-refractivity contribution in [1.29, 1.82) is 0 Å². The lowest BCUT2D eigenvalue weighted by molar-refractivity contribution is 0.102. The summed E-state index contributed by atoms with van der Waals surface area (Å²) in [4.78, 5) is 24.0. The van der Waals surface area contributed by atoms with Crippen molar-refractivity contribution >= 4 is 11.6 Å². The lowest BCUT2D eigenvalue weighted by Gasteiger charge is -2.01. The SMILES string of the molecule is CCCCc1ccc(C(=O)/C=C/C(=O)c2ccccc2)cc1. The fourth-order valence-corrected chi connectivity index (χ4v) is 2.16. The van der Waals surface area contributed by atoms with Crippen molar-refractivity contribution in [3.63, 3.8) is 0 Å². The molecule has 0 radical (unpaired) electrons. The second-order valence-corrected chi connectivity index (χ2v) is 5.23. The molecule has 2 aromatic carbocycles. The van der Waals surface area contributed by atoms with Gasteiger partial charge in [-0.2, -0.15) is 0 Å². The van der Waals surface area contributed by atoms with Gasteiger partial charge in [-0.1, -0.05) is 67.9 Å². The van der Waals surface area contributed by atoms with Crippen molar-refractivity contribution in [2.75, 3.05) is 0 Å². The Balaban J connectivity index is 1.99. The number of aryl methyl sites for hydroxylation is 1. The highest BCUT2D eigenvalue weighted by atomic mass is 16.1. The molecule has 0 spiro atoms. The van der Waals surface area contributed by atoms with Gasteiger partial charge in [-0.3, -0.25) is 9.59 Å². The third-order valence-corrected chi connectivity index (χ3v) is 3.50. The molecule has 0 saturated heterocycles. The summed E-state index contributed by atoms with van der Waals surface area (Å²) >= 11 is 0. The maximum atomic E-state index is 12.1. The van der Waals surface area contributed by atoms with Crippen LogP contribution in [0.2, 0.25) is 0 Å². The van der Waals surface area contributed by atoms with Crippen LogP contribution in [0, 0.1) is 0 Å². The molecule has 0 aliphatic carbocycles. The molecule has 2 rings (SSSR count). The van der Waals surface area contributed by atoms with Crippen molar-refractivity contribution in [1.82, 2.24) is 0 Å². The predicted molar refractivity (Wildman–Crippen MR) is 89.3 cm³/mol. The summed E-state index contributed by atoms with van der Waals surface area (Å²) in [7, 11) is 0. The van der Waals surface area contributed by atoms with Gasteiger partial charge in [0.05, 0.1) is 0 Å². The van der Waals surface area contributed by atoms with Crippen LogP contribution in [0.4, 0.5) is 0 Å². The highest BCUT2D eigenvalue weighted by Gasteiger charge is 2.04. The van der Waals surface area contributed by atoms with Crippen LogP contribution in [0.1, 0.15) is 46.0 Å². The molecular weight excluding hydrogens is 272 g/mol. The largest absolute Gasteiger partial charge is 0.289 e. The number of unbranched alkanes of at least 4 members (excludes halogenated alkanes) is 1. The number of benzene rings is 2. The van der Waals surface area contributed by atoms with E-state index in [0.717, 1.165) is 19.3 Å². The number of hydrogen-bond donors (Lipinski definition) is 0. The summed E-state index contributed by atoms with van der Waals surface area (Å²) < 4.78 is 0. The van der Waals surface area contributed by atoms with Crippen LogP contribution in [0.15, 0.2) is 66.7 Å². The average molecular weight is 292 g/mol. The summed E-state index contributed by atoms with van der Waals surface area (Å²) in [6.45, 7) is 2.16.